The second kappa shape index (κ2) is 6.68. The molecule has 1 fully saturated rings. The molecule has 0 saturated carbocycles. The van der Waals surface area contributed by atoms with E-state index >= 15 is 0 Å². The van der Waals surface area contributed by atoms with Crippen molar-refractivity contribution in [2.24, 2.45) is 0 Å². The van der Waals surface area contributed by atoms with Crippen molar-refractivity contribution in [3.05, 3.63) is 53.2 Å². The first-order valence-corrected chi connectivity index (χ1v) is 8.92. The van der Waals surface area contributed by atoms with E-state index in [4.69, 9.17) is 9.26 Å². The topological polar surface area (TPSA) is 68.5 Å². The van der Waals surface area contributed by atoms with Gasteiger partial charge in [-0.1, -0.05) is 23.4 Å². The summed E-state index contributed by atoms with van der Waals surface area (Å²) in [5.74, 6) is 1.98. The number of amides is 1. The fraction of sp³-hybridized carbons (Fsp3) is 0.278. The van der Waals surface area contributed by atoms with Gasteiger partial charge in [-0.25, -0.2) is 0 Å². The Hall–Kier alpha value is -2.67. The van der Waals surface area contributed by atoms with Crippen LogP contribution in [-0.4, -0.2) is 40.6 Å². The van der Waals surface area contributed by atoms with Crippen molar-refractivity contribution in [2.45, 2.75) is 12.8 Å². The molecule has 0 bridgehead atoms. The average Bonchev–Trinajstić information content (AvgIpc) is 3.23. The van der Waals surface area contributed by atoms with Crippen molar-refractivity contribution in [3.8, 4) is 16.5 Å². The number of rotatable bonds is 5. The van der Waals surface area contributed by atoms with E-state index in [2.05, 4.69) is 10.1 Å². The van der Waals surface area contributed by atoms with Crippen molar-refractivity contribution < 1.29 is 14.1 Å². The van der Waals surface area contributed by atoms with Crippen LogP contribution in [0.15, 0.2) is 46.3 Å². The van der Waals surface area contributed by atoms with Crippen molar-refractivity contribution >= 4 is 17.2 Å². The van der Waals surface area contributed by atoms with Gasteiger partial charge in [0.15, 0.2) is 6.61 Å². The van der Waals surface area contributed by atoms with Gasteiger partial charge in [-0.15, -0.1) is 11.3 Å². The van der Waals surface area contributed by atoms with E-state index in [1.165, 1.54) is 0 Å². The molecule has 128 valence electrons. The standard InChI is InChI=1S/C18H17N3O3S/c1-12-4-2-5-14(8-12)23-11-16(22)21-9-13(10-21)18-19-17(20-24-18)15-6-3-7-25-15/h2-8,13H,9-11H2,1H3. The normalized spacial score (nSPS) is 14.4. The van der Waals surface area contributed by atoms with Crippen LogP contribution in [0.5, 0.6) is 5.75 Å². The summed E-state index contributed by atoms with van der Waals surface area (Å²) in [4.78, 5) is 19.3. The SMILES string of the molecule is Cc1cccc(OCC(=O)N2CC(c3nc(-c4cccs4)no3)C2)c1. The van der Waals surface area contributed by atoms with Crippen LogP contribution in [-0.2, 0) is 4.79 Å². The molecule has 0 atom stereocenters. The van der Waals surface area contributed by atoms with Crippen LogP contribution in [0.2, 0.25) is 0 Å². The van der Waals surface area contributed by atoms with Crippen LogP contribution >= 0.6 is 11.3 Å². The van der Waals surface area contributed by atoms with Gasteiger partial charge in [0.2, 0.25) is 11.7 Å². The Morgan fingerprint density at radius 1 is 1.36 bits per heavy atom. The number of carbonyl (C=O) groups excluding carboxylic acids is 1. The molecule has 2 aromatic heterocycles. The number of hydrogen-bond acceptors (Lipinski definition) is 6. The first kappa shape index (κ1) is 15.8. The van der Waals surface area contributed by atoms with Crippen LogP contribution in [0.4, 0.5) is 0 Å². The van der Waals surface area contributed by atoms with E-state index in [1.807, 2.05) is 48.7 Å². The number of likely N-dealkylation sites (tertiary alicyclic amines) is 1. The molecule has 6 nitrogen and oxygen atoms in total. The van der Waals surface area contributed by atoms with Gasteiger partial charge in [0.25, 0.3) is 5.91 Å². The van der Waals surface area contributed by atoms with Gasteiger partial charge < -0.3 is 14.2 Å². The van der Waals surface area contributed by atoms with Crippen molar-refractivity contribution in [1.82, 2.24) is 15.0 Å². The average molecular weight is 355 g/mol. The first-order valence-electron chi connectivity index (χ1n) is 8.04. The highest BCUT2D eigenvalue weighted by Gasteiger charge is 2.35. The maximum atomic E-state index is 12.2. The number of ether oxygens (including phenoxy) is 1. The van der Waals surface area contributed by atoms with Crippen LogP contribution in [0, 0.1) is 6.92 Å². The molecule has 0 radical (unpaired) electrons. The van der Waals surface area contributed by atoms with Gasteiger partial charge in [-0.3, -0.25) is 4.79 Å². The van der Waals surface area contributed by atoms with Crippen molar-refractivity contribution in [3.63, 3.8) is 0 Å². The summed E-state index contributed by atoms with van der Waals surface area (Å²) in [6, 6.07) is 11.6. The molecule has 7 heteroatoms. The molecule has 3 aromatic rings. The van der Waals surface area contributed by atoms with Crippen LogP contribution < -0.4 is 4.74 Å². The van der Waals surface area contributed by atoms with Gasteiger partial charge in [-0.05, 0) is 36.1 Å². The Morgan fingerprint density at radius 3 is 3.00 bits per heavy atom. The third kappa shape index (κ3) is 3.41. The van der Waals surface area contributed by atoms with Crippen LogP contribution in [0.1, 0.15) is 17.4 Å². The zero-order chi connectivity index (χ0) is 17.2. The van der Waals surface area contributed by atoms with Gasteiger partial charge in [0, 0.05) is 13.1 Å². The smallest absolute Gasteiger partial charge is 0.260 e. The minimum Gasteiger partial charge on any atom is -0.484 e. The number of aromatic nitrogens is 2. The van der Waals surface area contributed by atoms with E-state index in [0.717, 1.165) is 10.4 Å². The lowest BCUT2D eigenvalue weighted by Gasteiger charge is -2.36. The molecule has 0 aliphatic carbocycles. The van der Waals surface area contributed by atoms with E-state index in [0.29, 0.717) is 30.6 Å². The molecule has 0 spiro atoms. The lowest BCUT2D eigenvalue weighted by molar-refractivity contribution is -0.138. The van der Waals surface area contributed by atoms with Crippen LogP contribution in [0.3, 0.4) is 0 Å². The van der Waals surface area contributed by atoms with Crippen molar-refractivity contribution in [1.29, 1.82) is 0 Å². The summed E-state index contributed by atoms with van der Waals surface area (Å²) in [6.07, 6.45) is 0. The van der Waals surface area contributed by atoms with Gasteiger partial charge in [0.05, 0.1) is 10.8 Å². The molecule has 3 heterocycles. The summed E-state index contributed by atoms with van der Waals surface area (Å²) in [6.45, 7) is 3.20. The number of nitrogens with zero attached hydrogens (tertiary/aromatic N) is 3. The predicted molar refractivity (Wildman–Crippen MR) is 93.6 cm³/mol. The van der Waals surface area contributed by atoms with E-state index in [-0.39, 0.29) is 18.4 Å². The summed E-state index contributed by atoms with van der Waals surface area (Å²) in [7, 11) is 0. The third-order valence-electron chi connectivity index (χ3n) is 4.12. The Balaban J connectivity index is 1.29. The summed E-state index contributed by atoms with van der Waals surface area (Å²) >= 11 is 1.57. The molecule has 1 aliphatic rings. The molecule has 0 N–H and O–H groups in total. The Labute approximate surface area is 149 Å². The Kier molecular flexibility index (Phi) is 4.23. The number of hydrogen-bond donors (Lipinski definition) is 0. The number of carbonyl (C=O) groups is 1. The molecule has 1 aliphatic heterocycles. The minimum atomic E-state index is -0.0317. The zero-order valence-corrected chi connectivity index (χ0v) is 14.5. The fourth-order valence-electron chi connectivity index (χ4n) is 2.69. The number of aryl methyl sites for hydroxylation is 1. The quantitative estimate of drug-likeness (QED) is 0.703. The summed E-state index contributed by atoms with van der Waals surface area (Å²) in [5.41, 5.74) is 1.10. The second-order valence-electron chi connectivity index (χ2n) is 6.03. The van der Waals surface area contributed by atoms with Gasteiger partial charge in [-0.2, -0.15) is 4.98 Å². The van der Waals surface area contributed by atoms with E-state index in [9.17, 15) is 4.79 Å². The molecule has 25 heavy (non-hydrogen) atoms. The summed E-state index contributed by atoms with van der Waals surface area (Å²) < 4.78 is 10.9. The lowest BCUT2D eigenvalue weighted by Crippen LogP contribution is -2.50. The summed E-state index contributed by atoms with van der Waals surface area (Å²) in [5, 5.41) is 5.99. The van der Waals surface area contributed by atoms with Crippen LogP contribution in [0.25, 0.3) is 10.7 Å². The minimum absolute atomic E-state index is 0.0317. The molecule has 1 saturated heterocycles. The van der Waals surface area contributed by atoms with E-state index in [1.54, 1.807) is 16.2 Å². The molecule has 1 aromatic carbocycles. The largest absolute Gasteiger partial charge is 0.484 e. The van der Waals surface area contributed by atoms with Crippen molar-refractivity contribution in [2.75, 3.05) is 19.7 Å². The molecule has 0 unspecified atom stereocenters. The highest BCUT2D eigenvalue weighted by atomic mass is 32.1. The molecular formula is C18H17N3O3S. The molecular weight excluding hydrogens is 338 g/mol. The van der Waals surface area contributed by atoms with E-state index < -0.39 is 0 Å². The Morgan fingerprint density at radius 2 is 2.24 bits per heavy atom. The molecule has 1 amide bonds. The Bertz CT molecular complexity index is 869. The third-order valence-corrected chi connectivity index (χ3v) is 4.98. The predicted octanol–water partition coefficient (Wildman–Crippen LogP) is 3.11. The maximum absolute atomic E-state index is 12.2. The fourth-order valence-corrected chi connectivity index (χ4v) is 3.34. The lowest BCUT2D eigenvalue weighted by atomic mass is 10.0. The molecule has 4 rings (SSSR count). The van der Waals surface area contributed by atoms with Gasteiger partial charge >= 0.3 is 0 Å². The highest BCUT2D eigenvalue weighted by molar-refractivity contribution is 7.13. The number of benzene rings is 1. The highest BCUT2D eigenvalue weighted by Crippen LogP contribution is 2.29. The second-order valence-corrected chi connectivity index (χ2v) is 6.98. The monoisotopic (exact) mass is 355 g/mol. The number of thiophene rings is 1. The maximum Gasteiger partial charge on any atom is 0.260 e. The first-order chi connectivity index (χ1) is 12.2. The van der Waals surface area contributed by atoms with Gasteiger partial charge in [0.1, 0.15) is 5.75 Å². The zero-order valence-electron chi connectivity index (χ0n) is 13.7.